The number of benzene rings is 1. The Hall–Kier alpha value is -2.09. The van der Waals surface area contributed by atoms with Crippen molar-refractivity contribution in [1.82, 2.24) is 5.43 Å². The summed E-state index contributed by atoms with van der Waals surface area (Å²) in [6.07, 6.45) is 13.8. The normalized spacial score (nSPS) is 16.5. The maximum atomic E-state index is 12.5. The number of rotatable bonds is 7. The van der Waals surface area contributed by atoms with E-state index in [2.05, 4.69) is 10.5 Å². The maximum absolute atomic E-state index is 12.5. The lowest BCUT2D eigenvalue weighted by atomic mass is 10.00. The number of hydrazone groups is 1. The molecule has 7 nitrogen and oxygen atoms in total. The number of hydrogen-bond acceptors (Lipinski definition) is 5. The highest BCUT2D eigenvalue weighted by molar-refractivity contribution is 7.92. The molecule has 31 heavy (non-hydrogen) atoms. The first kappa shape index (κ1) is 25.2. The molecule has 1 aliphatic rings. The average molecular weight is 452 g/mol. The smallest absolute Gasteiger partial charge is 0.260 e. The van der Waals surface area contributed by atoms with E-state index in [1.54, 1.807) is 24.3 Å². The van der Waals surface area contributed by atoms with Gasteiger partial charge in [-0.15, -0.1) is 0 Å². The van der Waals surface area contributed by atoms with E-state index in [-0.39, 0.29) is 6.54 Å². The minimum Gasteiger partial charge on any atom is -0.494 e. The Balaban J connectivity index is 2.00. The molecular formula is C23H37N3O4S. The fourth-order valence-corrected chi connectivity index (χ4v) is 4.57. The number of carbonyl (C=O) groups excluding carboxylic acids is 1. The van der Waals surface area contributed by atoms with Crippen molar-refractivity contribution in [3.05, 3.63) is 24.3 Å². The Morgan fingerprint density at radius 3 is 1.97 bits per heavy atom. The van der Waals surface area contributed by atoms with Gasteiger partial charge in [0, 0.05) is 5.71 Å². The van der Waals surface area contributed by atoms with Gasteiger partial charge in [0.25, 0.3) is 5.91 Å². The summed E-state index contributed by atoms with van der Waals surface area (Å²) < 4.78 is 31.0. The maximum Gasteiger partial charge on any atom is 0.260 e. The van der Waals surface area contributed by atoms with Crippen LogP contribution >= 0.6 is 0 Å². The molecule has 8 heteroatoms. The Morgan fingerprint density at radius 1 is 0.968 bits per heavy atom. The topological polar surface area (TPSA) is 88.1 Å². The zero-order valence-electron chi connectivity index (χ0n) is 18.9. The second kappa shape index (κ2) is 13.3. The van der Waals surface area contributed by atoms with Gasteiger partial charge in [-0.3, -0.25) is 9.10 Å². The van der Waals surface area contributed by atoms with Gasteiger partial charge in [0.15, 0.2) is 0 Å². The van der Waals surface area contributed by atoms with Crippen molar-refractivity contribution in [1.29, 1.82) is 0 Å². The van der Waals surface area contributed by atoms with Gasteiger partial charge in [0.2, 0.25) is 10.0 Å². The van der Waals surface area contributed by atoms with E-state index in [9.17, 15) is 13.2 Å². The number of hydrogen-bond donors (Lipinski definition) is 1. The van der Waals surface area contributed by atoms with E-state index in [1.807, 2.05) is 6.92 Å². The first-order chi connectivity index (χ1) is 14.9. The van der Waals surface area contributed by atoms with Crippen LogP contribution in [0.1, 0.15) is 77.6 Å². The van der Waals surface area contributed by atoms with Crippen molar-refractivity contribution in [2.75, 3.05) is 23.7 Å². The third kappa shape index (κ3) is 9.72. The highest BCUT2D eigenvalue weighted by atomic mass is 32.2. The zero-order chi connectivity index (χ0) is 22.5. The summed E-state index contributed by atoms with van der Waals surface area (Å²) in [4.78, 5) is 12.5. The van der Waals surface area contributed by atoms with Crippen LogP contribution < -0.4 is 14.5 Å². The molecule has 1 aromatic carbocycles. The van der Waals surface area contributed by atoms with Gasteiger partial charge in [0.05, 0.1) is 18.6 Å². The molecule has 2 rings (SSSR count). The first-order valence-electron chi connectivity index (χ1n) is 11.4. The number of amides is 1. The van der Waals surface area contributed by atoms with E-state index < -0.39 is 15.9 Å². The summed E-state index contributed by atoms with van der Waals surface area (Å²) >= 11 is 0. The lowest BCUT2D eigenvalue weighted by Gasteiger charge is -2.21. The number of carbonyl (C=O) groups is 1. The number of nitrogens with zero attached hydrogens (tertiary/aromatic N) is 2. The SMILES string of the molecule is CCOc1ccc(N(CC(=O)NN=C2CCCCCCCCCCC2)S(C)(=O)=O)cc1. The average Bonchev–Trinajstić information content (AvgIpc) is 2.72. The van der Waals surface area contributed by atoms with Gasteiger partial charge in [-0.2, -0.15) is 5.10 Å². The summed E-state index contributed by atoms with van der Waals surface area (Å²) in [5, 5.41) is 4.35. The van der Waals surface area contributed by atoms with Gasteiger partial charge < -0.3 is 4.74 Å². The van der Waals surface area contributed by atoms with Crippen LogP contribution in [0.2, 0.25) is 0 Å². The van der Waals surface area contributed by atoms with Crippen LogP contribution in [0.5, 0.6) is 5.75 Å². The molecule has 0 bridgehead atoms. The molecule has 1 aliphatic carbocycles. The van der Waals surface area contributed by atoms with Crippen LogP contribution in [0.4, 0.5) is 5.69 Å². The van der Waals surface area contributed by atoms with Crippen molar-refractivity contribution < 1.29 is 17.9 Å². The van der Waals surface area contributed by atoms with Crippen LogP contribution in [-0.4, -0.2) is 39.4 Å². The molecule has 1 fully saturated rings. The molecular weight excluding hydrogens is 414 g/mol. The fraction of sp³-hybridized carbons (Fsp3) is 0.652. The lowest BCUT2D eigenvalue weighted by molar-refractivity contribution is -0.119. The number of nitrogens with one attached hydrogen (secondary N) is 1. The van der Waals surface area contributed by atoms with Crippen molar-refractivity contribution in [2.24, 2.45) is 5.10 Å². The van der Waals surface area contributed by atoms with Crippen molar-refractivity contribution in [3.8, 4) is 5.75 Å². The lowest BCUT2D eigenvalue weighted by Crippen LogP contribution is -2.39. The van der Waals surface area contributed by atoms with E-state index >= 15 is 0 Å². The molecule has 1 saturated carbocycles. The summed E-state index contributed by atoms with van der Waals surface area (Å²) in [7, 11) is -3.63. The molecule has 0 spiro atoms. The standard InChI is InChI=1S/C23H37N3O4S/c1-3-30-22-17-15-21(16-18-22)26(31(2,28)29)19-23(27)25-24-20-13-11-9-7-5-4-6-8-10-12-14-20/h15-18H,3-14,19H2,1-2H3,(H,25,27). The van der Waals surface area contributed by atoms with Crippen molar-refractivity contribution in [2.45, 2.75) is 77.6 Å². The summed E-state index contributed by atoms with van der Waals surface area (Å²) in [5.74, 6) is 0.205. The van der Waals surface area contributed by atoms with Gasteiger partial charge in [-0.05, 0) is 56.9 Å². The van der Waals surface area contributed by atoms with Crippen LogP contribution in [0.3, 0.4) is 0 Å². The highest BCUT2D eigenvalue weighted by Gasteiger charge is 2.21. The van der Waals surface area contributed by atoms with Crippen LogP contribution in [0.15, 0.2) is 29.4 Å². The summed E-state index contributed by atoms with van der Waals surface area (Å²) in [5.41, 5.74) is 4.00. The van der Waals surface area contributed by atoms with Crippen LogP contribution in [-0.2, 0) is 14.8 Å². The molecule has 0 saturated heterocycles. The monoisotopic (exact) mass is 451 g/mol. The zero-order valence-corrected chi connectivity index (χ0v) is 19.8. The van der Waals surface area contributed by atoms with Gasteiger partial charge in [-0.1, -0.05) is 44.9 Å². The molecule has 0 radical (unpaired) electrons. The van der Waals surface area contributed by atoms with E-state index in [0.29, 0.717) is 18.0 Å². The Kier molecular flexibility index (Phi) is 10.8. The predicted octanol–water partition coefficient (Wildman–Crippen LogP) is 4.63. The third-order valence-electron chi connectivity index (χ3n) is 5.39. The minimum atomic E-state index is -3.63. The van der Waals surface area contributed by atoms with Crippen LogP contribution in [0.25, 0.3) is 0 Å². The fourth-order valence-electron chi connectivity index (χ4n) is 3.71. The van der Waals surface area contributed by atoms with Gasteiger partial charge >= 0.3 is 0 Å². The van der Waals surface area contributed by atoms with E-state index in [1.165, 1.54) is 44.9 Å². The number of anilines is 1. The molecule has 174 valence electrons. The molecule has 1 N–H and O–H groups in total. The van der Waals surface area contributed by atoms with Crippen molar-refractivity contribution >= 4 is 27.3 Å². The Morgan fingerprint density at radius 2 is 1.48 bits per heavy atom. The third-order valence-corrected chi connectivity index (χ3v) is 6.53. The Bertz CT molecular complexity index is 793. The minimum absolute atomic E-state index is 0.316. The molecule has 0 aromatic heterocycles. The van der Waals surface area contributed by atoms with E-state index in [4.69, 9.17) is 4.74 Å². The van der Waals surface area contributed by atoms with E-state index in [0.717, 1.165) is 42.0 Å². The second-order valence-corrected chi connectivity index (χ2v) is 10.00. The van der Waals surface area contributed by atoms with Gasteiger partial charge in [-0.25, -0.2) is 13.8 Å². The first-order valence-corrected chi connectivity index (χ1v) is 13.3. The number of ether oxygens (including phenoxy) is 1. The molecule has 1 amide bonds. The summed E-state index contributed by atoms with van der Waals surface area (Å²) in [6.45, 7) is 2.09. The molecule has 1 aromatic rings. The molecule has 0 heterocycles. The quantitative estimate of drug-likeness (QED) is 0.612. The molecule has 0 aliphatic heterocycles. The molecule has 0 atom stereocenters. The number of sulfonamides is 1. The molecule has 0 unspecified atom stereocenters. The summed E-state index contributed by atoms with van der Waals surface area (Å²) in [6, 6.07) is 6.66. The second-order valence-electron chi connectivity index (χ2n) is 8.09. The largest absolute Gasteiger partial charge is 0.494 e. The Labute approximate surface area is 187 Å². The van der Waals surface area contributed by atoms with Crippen LogP contribution in [0, 0.1) is 0 Å². The van der Waals surface area contributed by atoms with Gasteiger partial charge in [0.1, 0.15) is 12.3 Å². The predicted molar refractivity (Wildman–Crippen MR) is 126 cm³/mol. The van der Waals surface area contributed by atoms with Crippen molar-refractivity contribution in [3.63, 3.8) is 0 Å². The highest BCUT2D eigenvalue weighted by Crippen LogP contribution is 2.21.